The third-order valence-electron chi connectivity index (χ3n) is 3.20. The summed E-state index contributed by atoms with van der Waals surface area (Å²) in [6.07, 6.45) is 1.16. The summed E-state index contributed by atoms with van der Waals surface area (Å²) >= 11 is 0. The molecule has 1 saturated heterocycles. The summed E-state index contributed by atoms with van der Waals surface area (Å²) < 4.78 is 20.2. The van der Waals surface area contributed by atoms with Crippen LogP contribution in [0.2, 0.25) is 0 Å². The Kier molecular flexibility index (Phi) is 3.82. The third-order valence-corrected chi connectivity index (χ3v) is 3.20. The van der Waals surface area contributed by atoms with Gasteiger partial charge in [0.05, 0.1) is 17.8 Å². The van der Waals surface area contributed by atoms with Crippen molar-refractivity contribution in [2.75, 3.05) is 0 Å². The van der Waals surface area contributed by atoms with Gasteiger partial charge < -0.3 is 4.74 Å². The van der Waals surface area contributed by atoms with Crippen molar-refractivity contribution >= 4 is 0 Å². The standard InChI is InChI=1S/C11H14FN5O2/c1-3-9-8(15-16-13)4-10(19-9)17-5-7(12)6(2)14-11(17)18/h5,8-10H,3-4H2,1-2H3/t8?,9-,10+/m1/s1. The maximum absolute atomic E-state index is 13.5. The van der Waals surface area contributed by atoms with Crippen molar-refractivity contribution in [3.8, 4) is 0 Å². The molecular weight excluding hydrogens is 253 g/mol. The molecule has 0 bridgehead atoms. The van der Waals surface area contributed by atoms with Crippen LogP contribution >= 0.6 is 0 Å². The lowest BCUT2D eigenvalue weighted by Crippen LogP contribution is -2.28. The predicted molar refractivity (Wildman–Crippen MR) is 64.9 cm³/mol. The highest BCUT2D eigenvalue weighted by molar-refractivity contribution is 5.01. The molecule has 0 amide bonds. The Morgan fingerprint density at radius 2 is 2.47 bits per heavy atom. The van der Waals surface area contributed by atoms with Crippen LogP contribution < -0.4 is 5.69 Å². The number of ether oxygens (including phenoxy) is 1. The van der Waals surface area contributed by atoms with Gasteiger partial charge in [-0.15, -0.1) is 0 Å². The van der Waals surface area contributed by atoms with Crippen LogP contribution in [0.1, 0.15) is 31.7 Å². The van der Waals surface area contributed by atoms with Crippen molar-refractivity contribution in [2.45, 2.75) is 45.1 Å². The zero-order chi connectivity index (χ0) is 14.0. The van der Waals surface area contributed by atoms with Crippen LogP contribution in [0.3, 0.4) is 0 Å². The molecule has 0 N–H and O–H groups in total. The van der Waals surface area contributed by atoms with E-state index in [9.17, 15) is 9.18 Å². The van der Waals surface area contributed by atoms with Crippen LogP contribution in [-0.2, 0) is 4.74 Å². The Labute approximate surface area is 108 Å². The molecule has 1 aliphatic heterocycles. The Hall–Kier alpha value is -1.92. The van der Waals surface area contributed by atoms with Gasteiger partial charge in [-0.05, 0) is 18.9 Å². The van der Waals surface area contributed by atoms with Crippen LogP contribution in [0.4, 0.5) is 4.39 Å². The van der Waals surface area contributed by atoms with E-state index in [-0.39, 0.29) is 17.8 Å². The fraction of sp³-hybridized carbons (Fsp3) is 0.636. The van der Waals surface area contributed by atoms with Crippen LogP contribution in [0.25, 0.3) is 10.4 Å². The van der Waals surface area contributed by atoms with Gasteiger partial charge >= 0.3 is 5.69 Å². The molecule has 0 spiro atoms. The Morgan fingerprint density at radius 3 is 3.11 bits per heavy atom. The van der Waals surface area contributed by atoms with Crippen molar-refractivity contribution in [1.29, 1.82) is 0 Å². The fourth-order valence-corrected chi connectivity index (χ4v) is 2.17. The van der Waals surface area contributed by atoms with E-state index in [0.717, 1.165) is 10.8 Å². The molecule has 2 heterocycles. The molecule has 0 saturated carbocycles. The first-order valence-corrected chi connectivity index (χ1v) is 6.01. The van der Waals surface area contributed by atoms with Crippen LogP contribution in [-0.4, -0.2) is 21.7 Å². The van der Waals surface area contributed by atoms with Gasteiger partial charge in [-0.2, -0.15) is 4.98 Å². The second-order valence-electron chi connectivity index (χ2n) is 4.41. The lowest BCUT2D eigenvalue weighted by molar-refractivity contribution is -0.00460. The zero-order valence-electron chi connectivity index (χ0n) is 10.7. The van der Waals surface area contributed by atoms with Gasteiger partial charge in [0.25, 0.3) is 0 Å². The molecule has 19 heavy (non-hydrogen) atoms. The number of aryl methyl sites for hydroxylation is 1. The average molecular weight is 267 g/mol. The zero-order valence-corrected chi connectivity index (χ0v) is 10.7. The molecule has 1 aromatic heterocycles. The largest absolute Gasteiger partial charge is 0.354 e. The van der Waals surface area contributed by atoms with E-state index in [0.29, 0.717) is 12.8 Å². The number of azide groups is 1. The van der Waals surface area contributed by atoms with Gasteiger partial charge in [0.1, 0.15) is 6.23 Å². The fourth-order valence-electron chi connectivity index (χ4n) is 2.17. The number of aromatic nitrogens is 2. The number of hydrogen-bond acceptors (Lipinski definition) is 4. The third kappa shape index (κ3) is 2.59. The molecule has 8 heteroatoms. The second kappa shape index (κ2) is 5.38. The van der Waals surface area contributed by atoms with E-state index in [2.05, 4.69) is 15.0 Å². The summed E-state index contributed by atoms with van der Waals surface area (Å²) in [6.45, 7) is 3.32. The number of rotatable bonds is 3. The summed E-state index contributed by atoms with van der Waals surface area (Å²) in [4.78, 5) is 18.1. The molecular formula is C11H14FN5O2. The Balaban J connectivity index is 2.32. The molecule has 102 valence electrons. The van der Waals surface area contributed by atoms with E-state index in [4.69, 9.17) is 10.3 Å². The van der Waals surface area contributed by atoms with Gasteiger partial charge in [-0.1, -0.05) is 12.0 Å². The smallest absolute Gasteiger partial charge is 0.350 e. The summed E-state index contributed by atoms with van der Waals surface area (Å²) in [6, 6.07) is -0.351. The Bertz CT molecular complexity index is 581. The summed E-state index contributed by atoms with van der Waals surface area (Å²) in [5, 5.41) is 3.65. The molecule has 1 fully saturated rings. The van der Waals surface area contributed by atoms with Crippen LogP contribution in [0, 0.1) is 12.7 Å². The van der Waals surface area contributed by atoms with Gasteiger partial charge in [0, 0.05) is 17.5 Å². The normalized spacial score (nSPS) is 26.2. The van der Waals surface area contributed by atoms with Crippen molar-refractivity contribution < 1.29 is 9.13 Å². The molecule has 1 aromatic rings. The van der Waals surface area contributed by atoms with E-state index < -0.39 is 17.7 Å². The topological polar surface area (TPSA) is 92.9 Å². The van der Waals surface area contributed by atoms with Crippen molar-refractivity contribution in [1.82, 2.24) is 9.55 Å². The predicted octanol–water partition coefficient (Wildman–Crippen LogP) is 2.07. The molecule has 2 rings (SSSR count). The highest BCUT2D eigenvalue weighted by Gasteiger charge is 2.35. The monoisotopic (exact) mass is 267 g/mol. The maximum Gasteiger partial charge on any atom is 0.350 e. The van der Waals surface area contributed by atoms with E-state index >= 15 is 0 Å². The highest BCUT2D eigenvalue weighted by Crippen LogP contribution is 2.31. The minimum absolute atomic E-state index is 0.0536. The minimum atomic E-state index is -0.643. The number of hydrogen-bond donors (Lipinski definition) is 0. The molecule has 7 nitrogen and oxygen atoms in total. The molecule has 0 radical (unpaired) electrons. The Morgan fingerprint density at radius 1 is 1.74 bits per heavy atom. The molecule has 1 unspecified atom stereocenters. The number of nitrogens with zero attached hydrogens (tertiary/aromatic N) is 5. The van der Waals surface area contributed by atoms with Crippen LogP contribution in [0.15, 0.2) is 16.1 Å². The van der Waals surface area contributed by atoms with Crippen molar-refractivity contribution in [3.05, 3.63) is 38.6 Å². The van der Waals surface area contributed by atoms with Crippen LogP contribution in [0.5, 0.6) is 0 Å². The quantitative estimate of drug-likeness (QED) is 0.476. The lowest BCUT2D eigenvalue weighted by atomic mass is 10.1. The van der Waals surface area contributed by atoms with Gasteiger partial charge in [-0.25, -0.2) is 9.18 Å². The second-order valence-corrected chi connectivity index (χ2v) is 4.41. The molecule has 3 atom stereocenters. The molecule has 0 aromatic carbocycles. The average Bonchev–Trinajstić information content (AvgIpc) is 2.77. The van der Waals surface area contributed by atoms with Crippen molar-refractivity contribution in [3.63, 3.8) is 0 Å². The first kappa shape index (κ1) is 13.5. The molecule has 0 aliphatic carbocycles. The van der Waals surface area contributed by atoms with Gasteiger partial charge in [-0.3, -0.25) is 4.57 Å². The number of halogens is 1. The summed E-state index contributed by atoms with van der Waals surface area (Å²) in [7, 11) is 0. The van der Waals surface area contributed by atoms with Gasteiger partial charge in [0.2, 0.25) is 0 Å². The van der Waals surface area contributed by atoms with E-state index in [1.165, 1.54) is 6.92 Å². The van der Waals surface area contributed by atoms with Gasteiger partial charge in [0.15, 0.2) is 5.82 Å². The van der Waals surface area contributed by atoms with E-state index in [1.807, 2.05) is 6.92 Å². The summed E-state index contributed by atoms with van der Waals surface area (Å²) in [5.74, 6) is -0.566. The van der Waals surface area contributed by atoms with Crippen molar-refractivity contribution in [2.24, 2.45) is 5.11 Å². The molecule has 1 aliphatic rings. The minimum Gasteiger partial charge on any atom is -0.354 e. The first-order valence-electron chi connectivity index (χ1n) is 6.01. The lowest BCUT2D eigenvalue weighted by Gasteiger charge is -2.15. The maximum atomic E-state index is 13.5. The summed E-state index contributed by atoms with van der Waals surface area (Å²) in [5.41, 5.74) is 7.98. The highest BCUT2D eigenvalue weighted by atomic mass is 19.1. The van der Waals surface area contributed by atoms with E-state index in [1.54, 1.807) is 0 Å². The SMILES string of the molecule is CC[C@H]1O[C@H](n2cc(F)c(C)nc2=O)CC1N=[N+]=[N-]. The first-order chi connectivity index (χ1) is 9.06.